The normalized spacial score (nSPS) is 10.4. The molecule has 2 aromatic rings. The Hall–Kier alpha value is -1.81. The quantitative estimate of drug-likeness (QED) is 0.925. The van der Waals surface area contributed by atoms with Crippen molar-refractivity contribution in [2.75, 3.05) is 12.3 Å². The molecule has 0 atom stereocenters. The molecule has 0 aliphatic rings. The van der Waals surface area contributed by atoms with E-state index in [1.165, 1.54) is 12.1 Å². The molecule has 0 saturated carbocycles. The standard InChI is InChI=1S/C13H12ClFN2O/c1-2-18-12-6-9(15)3-4-10(12)8-5-11(14)13(16)17-7-8/h3-7H,2H2,1H3,(H2,16,17). The number of aromatic nitrogens is 1. The lowest BCUT2D eigenvalue weighted by atomic mass is 10.1. The Morgan fingerprint density at radius 3 is 2.83 bits per heavy atom. The first-order chi connectivity index (χ1) is 8.61. The molecule has 0 fully saturated rings. The zero-order valence-corrected chi connectivity index (χ0v) is 10.5. The van der Waals surface area contributed by atoms with Gasteiger partial charge in [-0.15, -0.1) is 0 Å². The minimum atomic E-state index is -0.350. The molecule has 0 spiro atoms. The molecule has 0 amide bonds. The highest BCUT2D eigenvalue weighted by atomic mass is 35.5. The van der Waals surface area contributed by atoms with Gasteiger partial charge >= 0.3 is 0 Å². The molecule has 5 heteroatoms. The lowest BCUT2D eigenvalue weighted by Crippen LogP contribution is -1.96. The van der Waals surface area contributed by atoms with Crippen LogP contribution in [0.5, 0.6) is 5.75 Å². The maximum atomic E-state index is 13.2. The third-order valence-corrected chi connectivity index (χ3v) is 2.73. The highest BCUT2D eigenvalue weighted by Crippen LogP contribution is 2.32. The highest BCUT2D eigenvalue weighted by molar-refractivity contribution is 6.33. The van der Waals surface area contributed by atoms with Gasteiger partial charge in [0.2, 0.25) is 0 Å². The van der Waals surface area contributed by atoms with Crippen LogP contribution in [-0.4, -0.2) is 11.6 Å². The zero-order chi connectivity index (χ0) is 13.1. The van der Waals surface area contributed by atoms with Gasteiger partial charge in [0, 0.05) is 23.4 Å². The van der Waals surface area contributed by atoms with Crippen LogP contribution in [0.2, 0.25) is 5.02 Å². The summed E-state index contributed by atoms with van der Waals surface area (Å²) in [5.74, 6) is 0.373. The number of anilines is 1. The monoisotopic (exact) mass is 266 g/mol. The van der Waals surface area contributed by atoms with Crippen LogP contribution in [0.3, 0.4) is 0 Å². The number of halogens is 2. The molecule has 18 heavy (non-hydrogen) atoms. The Kier molecular flexibility index (Phi) is 3.67. The number of hydrogen-bond acceptors (Lipinski definition) is 3. The molecule has 0 bridgehead atoms. The predicted molar refractivity (Wildman–Crippen MR) is 70.2 cm³/mol. The summed E-state index contributed by atoms with van der Waals surface area (Å²) in [5.41, 5.74) is 7.02. The van der Waals surface area contributed by atoms with Crippen LogP contribution in [-0.2, 0) is 0 Å². The molecule has 0 saturated heterocycles. The number of benzene rings is 1. The molecule has 1 aromatic heterocycles. The van der Waals surface area contributed by atoms with Crippen LogP contribution in [0.25, 0.3) is 11.1 Å². The van der Waals surface area contributed by atoms with E-state index in [1.807, 2.05) is 6.92 Å². The van der Waals surface area contributed by atoms with Crippen molar-refractivity contribution >= 4 is 17.4 Å². The van der Waals surface area contributed by atoms with E-state index in [9.17, 15) is 4.39 Å². The number of nitrogens with zero attached hydrogens (tertiary/aromatic N) is 1. The van der Waals surface area contributed by atoms with E-state index in [0.717, 1.165) is 11.1 Å². The van der Waals surface area contributed by atoms with Crippen molar-refractivity contribution in [2.45, 2.75) is 6.92 Å². The maximum absolute atomic E-state index is 13.2. The van der Waals surface area contributed by atoms with Crippen LogP contribution in [0.15, 0.2) is 30.5 Å². The fraction of sp³-hybridized carbons (Fsp3) is 0.154. The highest BCUT2D eigenvalue weighted by Gasteiger charge is 2.09. The van der Waals surface area contributed by atoms with Crippen molar-refractivity contribution in [2.24, 2.45) is 0 Å². The van der Waals surface area contributed by atoms with Gasteiger partial charge in [-0.2, -0.15) is 0 Å². The van der Waals surface area contributed by atoms with Crippen molar-refractivity contribution < 1.29 is 9.13 Å². The van der Waals surface area contributed by atoms with Gasteiger partial charge in [0.1, 0.15) is 17.4 Å². The molecule has 2 N–H and O–H groups in total. The third kappa shape index (κ3) is 2.54. The number of hydrogen-bond donors (Lipinski definition) is 1. The Bertz CT molecular complexity index is 575. The molecule has 0 aliphatic heterocycles. The SMILES string of the molecule is CCOc1cc(F)ccc1-c1cnc(N)c(Cl)c1. The lowest BCUT2D eigenvalue weighted by Gasteiger charge is -2.10. The van der Waals surface area contributed by atoms with E-state index < -0.39 is 0 Å². The van der Waals surface area contributed by atoms with E-state index in [1.54, 1.807) is 18.3 Å². The first kappa shape index (κ1) is 12.6. The van der Waals surface area contributed by atoms with Gasteiger partial charge in [0.05, 0.1) is 11.6 Å². The van der Waals surface area contributed by atoms with E-state index in [0.29, 0.717) is 17.4 Å². The van der Waals surface area contributed by atoms with E-state index in [-0.39, 0.29) is 11.6 Å². The number of ether oxygens (including phenoxy) is 1. The second-order valence-corrected chi connectivity index (χ2v) is 4.07. The summed E-state index contributed by atoms with van der Waals surface area (Å²) < 4.78 is 18.6. The van der Waals surface area contributed by atoms with Crippen LogP contribution in [0.4, 0.5) is 10.2 Å². The van der Waals surface area contributed by atoms with Crippen molar-refractivity contribution in [3.05, 3.63) is 41.3 Å². The summed E-state index contributed by atoms with van der Waals surface area (Å²) in [6, 6.07) is 6.01. The molecule has 2 rings (SSSR count). The smallest absolute Gasteiger partial charge is 0.142 e. The topological polar surface area (TPSA) is 48.1 Å². The average molecular weight is 267 g/mol. The summed E-state index contributed by atoms with van der Waals surface area (Å²) in [7, 11) is 0. The Balaban J connectivity index is 2.51. The van der Waals surface area contributed by atoms with Gasteiger partial charge in [-0.05, 0) is 25.1 Å². The zero-order valence-electron chi connectivity index (χ0n) is 9.78. The second-order valence-electron chi connectivity index (χ2n) is 3.66. The second kappa shape index (κ2) is 5.23. The molecule has 1 heterocycles. The van der Waals surface area contributed by atoms with Gasteiger partial charge < -0.3 is 10.5 Å². The van der Waals surface area contributed by atoms with E-state index >= 15 is 0 Å². The van der Waals surface area contributed by atoms with Gasteiger partial charge in [-0.1, -0.05) is 11.6 Å². The molecule has 0 aliphatic carbocycles. The summed E-state index contributed by atoms with van der Waals surface area (Å²) in [6.07, 6.45) is 1.58. The summed E-state index contributed by atoms with van der Waals surface area (Å²) in [4.78, 5) is 3.98. The van der Waals surface area contributed by atoms with Crippen LogP contribution in [0.1, 0.15) is 6.92 Å². The van der Waals surface area contributed by atoms with Crippen molar-refractivity contribution in [3.8, 4) is 16.9 Å². The van der Waals surface area contributed by atoms with E-state index in [2.05, 4.69) is 4.98 Å². The maximum Gasteiger partial charge on any atom is 0.142 e. The van der Waals surface area contributed by atoms with Crippen LogP contribution >= 0.6 is 11.6 Å². The summed E-state index contributed by atoms with van der Waals surface area (Å²) in [6.45, 7) is 2.29. The average Bonchev–Trinajstić information content (AvgIpc) is 2.34. The van der Waals surface area contributed by atoms with Gasteiger partial charge in [-0.25, -0.2) is 9.37 Å². The Morgan fingerprint density at radius 2 is 2.17 bits per heavy atom. The molecule has 0 radical (unpaired) electrons. The Labute approximate surface area is 109 Å². The van der Waals surface area contributed by atoms with Crippen LogP contribution in [0, 0.1) is 5.82 Å². The number of pyridine rings is 1. The largest absolute Gasteiger partial charge is 0.493 e. The molecule has 94 valence electrons. The molecular weight excluding hydrogens is 255 g/mol. The van der Waals surface area contributed by atoms with Crippen molar-refractivity contribution in [1.29, 1.82) is 0 Å². The van der Waals surface area contributed by atoms with Gasteiger partial charge in [-0.3, -0.25) is 0 Å². The van der Waals surface area contributed by atoms with Crippen molar-refractivity contribution in [3.63, 3.8) is 0 Å². The minimum absolute atomic E-state index is 0.264. The first-order valence-electron chi connectivity index (χ1n) is 5.45. The van der Waals surface area contributed by atoms with E-state index in [4.69, 9.17) is 22.1 Å². The number of nitrogen functional groups attached to an aromatic ring is 1. The lowest BCUT2D eigenvalue weighted by molar-refractivity contribution is 0.339. The Morgan fingerprint density at radius 1 is 1.39 bits per heavy atom. The molecule has 0 unspecified atom stereocenters. The molecule has 3 nitrogen and oxygen atoms in total. The van der Waals surface area contributed by atoms with Crippen molar-refractivity contribution in [1.82, 2.24) is 4.98 Å². The summed E-state index contributed by atoms with van der Waals surface area (Å²) >= 11 is 5.92. The molecule has 1 aromatic carbocycles. The minimum Gasteiger partial charge on any atom is -0.493 e. The fourth-order valence-electron chi connectivity index (χ4n) is 1.61. The predicted octanol–water partition coefficient (Wildman–Crippen LogP) is 3.52. The summed E-state index contributed by atoms with van der Waals surface area (Å²) in [5, 5.41) is 0.360. The van der Waals surface area contributed by atoms with Gasteiger partial charge in [0.15, 0.2) is 0 Å². The fourth-order valence-corrected chi connectivity index (χ4v) is 1.77. The number of nitrogens with two attached hydrogens (primary N) is 1. The molecular formula is C13H12ClFN2O. The van der Waals surface area contributed by atoms with Gasteiger partial charge in [0.25, 0.3) is 0 Å². The van der Waals surface area contributed by atoms with Crippen LogP contribution < -0.4 is 10.5 Å². The third-order valence-electron chi connectivity index (χ3n) is 2.42. The first-order valence-corrected chi connectivity index (χ1v) is 5.83. The number of rotatable bonds is 3.